The lowest BCUT2D eigenvalue weighted by Crippen LogP contribution is -2.43. The average molecular weight is 332 g/mol. The van der Waals surface area contributed by atoms with Gasteiger partial charge >= 0.3 is 0 Å². The van der Waals surface area contributed by atoms with Gasteiger partial charge in [-0.1, -0.05) is 46.3 Å². The second-order valence-corrected chi connectivity index (χ2v) is 5.70. The molecule has 0 radical (unpaired) electrons. The Kier molecular flexibility index (Phi) is 3.49. The number of hydrogen-bond acceptors (Lipinski definition) is 2. The second kappa shape index (κ2) is 5.29. The van der Waals surface area contributed by atoms with Crippen LogP contribution in [0.5, 0.6) is 5.75 Å². The third kappa shape index (κ3) is 2.43. The van der Waals surface area contributed by atoms with Crippen molar-refractivity contribution in [3.63, 3.8) is 0 Å². The van der Waals surface area contributed by atoms with Crippen molar-refractivity contribution in [3.8, 4) is 5.75 Å². The summed E-state index contributed by atoms with van der Waals surface area (Å²) < 4.78 is 6.61. The maximum Gasteiger partial charge on any atom is 0.268 e. The average Bonchev–Trinajstić information content (AvgIpc) is 2.45. The molecule has 0 bridgehead atoms. The number of amides is 1. The van der Waals surface area contributed by atoms with Crippen molar-refractivity contribution in [2.45, 2.75) is 19.6 Å². The molecule has 1 amide bonds. The van der Waals surface area contributed by atoms with Crippen molar-refractivity contribution >= 4 is 27.5 Å². The first-order valence-electron chi connectivity index (χ1n) is 6.46. The van der Waals surface area contributed by atoms with Gasteiger partial charge in [0, 0.05) is 4.47 Å². The van der Waals surface area contributed by atoms with E-state index in [-0.39, 0.29) is 5.91 Å². The number of carbonyl (C=O) groups is 1. The van der Waals surface area contributed by atoms with Crippen LogP contribution in [-0.4, -0.2) is 12.0 Å². The highest BCUT2D eigenvalue weighted by Crippen LogP contribution is 2.36. The molecular weight excluding hydrogens is 318 g/mol. The Balaban J connectivity index is 1.99. The van der Waals surface area contributed by atoms with E-state index in [1.807, 2.05) is 48.5 Å². The summed E-state index contributed by atoms with van der Waals surface area (Å²) in [6.07, 6.45) is -0.458. The molecule has 4 heteroatoms. The topological polar surface area (TPSA) is 29.5 Å². The van der Waals surface area contributed by atoms with E-state index in [1.165, 1.54) is 0 Å². The fourth-order valence-electron chi connectivity index (χ4n) is 2.31. The van der Waals surface area contributed by atoms with Gasteiger partial charge in [-0.25, -0.2) is 0 Å². The van der Waals surface area contributed by atoms with Gasteiger partial charge in [-0.3, -0.25) is 4.79 Å². The zero-order chi connectivity index (χ0) is 14.1. The predicted octanol–water partition coefficient (Wildman–Crippen LogP) is 3.76. The second-order valence-electron chi connectivity index (χ2n) is 4.78. The van der Waals surface area contributed by atoms with Crippen molar-refractivity contribution in [2.75, 3.05) is 4.90 Å². The van der Waals surface area contributed by atoms with E-state index >= 15 is 0 Å². The minimum absolute atomic E-state index is 0.0105. The molecule has 0 spiro atoms. The molecular formula is C16H14BrNO2. The summed E-state index contributed by atoms with van der Waals surface area (Å²) in [5.41, 5.74) is 1.92. The Hall–Kier alpha value is -1.81. The van der Waals surface area contributed by atoms with E-state index in [0.29, 0.717) is 6.54 Å². The van der Waals surface area contributed by atoms with Gasteiger partial charge in [0.25, 0.3) is 5.91 Å². The van der Waals surface area contributed by atoms with Crippen LogP contribution in [0.3, 0.4) is 0 Å². The fraction of sp³-hybridized carbons (Fsp3) is 0.188. The molecule has 3 nitrogen and oxygen atoms in total. The highest BCUT2D eigenvalue weighted by Gasteiger charge is 2.31. The van der Waals surface area contributed by atoms with Gasteiger partial charge in [0.15, 0.2) is 6.10 Å². The summed E-state index contributed by atoms with van der Waals surface area (Å²) in [5, 5.41) is 0. The first kappa shape index (κ1) is 13.2. The number of fused-ring (bicyclic) bond motifs is 1. The smallest absolute Gasteiger partial charge is 0.268 e. The molecule has 1 aliphatic heterocycles. The zero-order valence-corrected chi connectivity index (χ0v) is 12.6. The van der Waals surface area contributed by atoms with E-state index in [9.17, 15) is 4.79 Å². The maximum absolute atomic E-state index is 12.4. The largest absolute Gasteiger partial charge is 0.479 e. The molecule has 0 aromatic heterocycles. The molecule has 0 aliphatic carbocycles. The van der Waals surface area contributed by atoms with Crippen molar-refractivity contribution in [1.82, 2.24) is 0 Å². The number of rotatable bonds is 2. The Labute approximate surface area is 126 Å². The molecule has 0 saturated carbocycles. The van der Waals surface area contributed by atoms with E-state index in [0.717, 1.165) is 21.5 Å². The van der Waals surface area contributed by atoms with E-state index in [4.69, 9.17) is 4.74 Å². The van der Waals surface area contributed by atoms with Gasteiger partial charge in [-0.05, 0) is 30.7 Å². The molecule has 1 heterocycles. The third-order valence-corrected chi connectivity index (χ3v) is 3.81. The Bertz CT molecular complexity index is 642. The molecule has 20 heavy (non-hydrogen) atoms. The van der Waals surface area contributed by atoms with Crippen LogP contribution in [0.4, 0.5) is 5.69 Å². The van der Waals surface area contributed by atoms with E-state index in [1.54, 1.807) is 11.8 Å². The number of ether oxygens (including phenoxy) is 1. The van der Waals surface area contributed by atoms with E-state index in [2.05, 4.69) is 15.9 Å². The van der Waals surface area contributed by atoms with Gasteiger partial charge < -0.3 is 9.64 Å². The fourth-order valence-corrected chi connectivity index (χ4v) is 2.65. The molecule has 2 aromatic carbocycles. The number of carbonyl (C=O) groups excluding carboxylic acids is 1. The minimum Gasteiger partial charge on any atom is -0.479 e. The van der Waals surface area contributed by atoms with Gasteiger partial charge in [0.2, 0.25) is 0 Å². The number of benzene rings is 2. The lowest BCUT2D eigenvalue weighted by Gasteiger charge is -2.33. The first-order chi connectivity index (χ1) is 9.65. The van der Waals surface area contributed by atoms with Gasteiger partial charge in [-0.15, -0.1) is 0 Å². The lowest BCUT2D eigenvalue weighted by molar-refractivity contribution is -0.125. The van der Waals surface area contributed by atoms with E-state index < -0.39 is 6.10 Å². The summed E-state index contributed by atoms with van der Waals surface area (Å²) in [7, 11) is 0. The van der Waals surface area contributed by atoms with Crippen LogP contribution in [0, 0.1) is 0 Å². The standard InChI is InChI=1S/C16H14BrNO2/c1-11-16(19)18(10-12-5-3-2-4-6-12)14-8-7-13(17)9-15(14)20-11/h2-9,11H,10H2,1H3/t11-/m1/s1. The van der Waals surface area contributed by atoms with Crippen molar-refractivity contribution < 1.29 is 9.53 Å². The van der Waals surface area contributed by atoms with Crippen molar-refractivity contribution in [1.29, 1.82) is 0 Å². The molecule has 0 N–H and O–H groups in total. The third-order valence-electron chi connectivity index (χ3n) is 3.31. The van der Waals surface area contributed by atoms with Crippen LogP contribution in [0.1, 0.15) is 12.5 Å². The quantitative estimate of drug-likeness (QED) is 0.838. The summed E-state index contributed by atoms with van der Waals surface area (Å²) >= 11 is 3.43. The maximum atomic E-state index is 12.4. The van der Waals surface area contributed by atoms with Gasteiger partial charge in [-0.2, -0.15) is 0 Å². The van der Waals surface area contributed by atoms with Crippen LogP contribution in [0.2, 0.25) is 0 Å². The highest BCUT2D eigenvalue weighted by atomic mass is 79.9. The van der Waals surface area contributed by atoms with Gasteiger partial charge in [0.1, 0.15) is 5.75 Å². The SMILES string of the molecule is C[C@H]1Oc2cc(Br)ccc2N(Cc2ccccc2)C1=O. The summed E-state index contributed by atoms with van der Waals surface area (Å²) in [6, 6.07) is 15.7. The lowest BCUT2D eigenvalue weighted by atomic mass is 10.1. The van der Waals surface area contributed by atoms with Crippen LogP contribution >= 0.6 is 15.9 Å². The summed E-state index contributed by atoms with van der Waals surface area (Å²) in [5.74, 6) is 0.728. The molecule has 1 atom stereocenters. The van der Waals surface area contributed by atoms with Crippen molar-refractivity contribution in [3.05, 3.63) is 58.6 Å². The molecule has 0 saturated heterocycles. The Morgan fingerprint density at radius 3 is 2.70 bits per heavy atom. The number of halogens is 1. The first-order valence-corrected chi connectivity index (χ1v) is 7.26. The number of hydrogen-bond donors (Lipinski definition) is 0. The molecule has 3 rings (SSSR count). The van der Waals surface area contributed by atoms with Crippen LogP contribution in [-0.2, 0) is 11.3 Å². The van der Waals surface area contributed by atoms with Crippen LogP contribution in [0.25, 0.3) is 0 Å². The minimum atomic E-state index is -0.458. The van der Waals surface area contributed by atoms with Gasteiger partial charge in [0.05, 0.1) is 12.2 Å². The summed E-state index contributed by atoms with van der Waals surface area (Å²) in [6.45, 7) is 2.34. The summed E-state index contributed by atoms with van der Waals surface area (Å²) in [4.78, 5) is 14.1. The zero-order valence-electron chi connectivity index (χ0n) is 11.0. The molecule has 2 aromatic rings. The molecule has 0 unspecified atom stereocenters. The van der Waals surface area contributed by atoms with Crippen LogP contribution in [0.15, 0.2) is 53.0 Å². The van der Waals surface area contributed by atoms with Crippen molar-refractivity contribution in [2.24, 2.45) is 0 Å². The molecule has 1 aliphatic rings. The monoisotopic (exact) mass is 331 g/mol. The molecule has 102 valence electrons. The Morgan fingerprint density at radius 2 is 1.95 bits per heavy atom. The number of anilines is 1. The normalized spacial score (nSPS) is 17.6. The number of nitrogens with zero attached hydrogens (tertiary/aromatic N) is 1. The highest BCUT2D eigenvalue weighted by molar-refractivity contribution is 9.10. The Morgan fingerprint density at radius 1 is 1.20 bits per heavy atom. The van der Waals surface area contributed by atoms with Crippen LogP contribution < -0.4 is 9.64 Å². The predicted molar refractivity (Wildman–Crippen MR) is 81.9 cm³/mol. The molecule has 0 fully saturated rings.